The summed E-state index contributed by atoms with van der Waals surface area (Å²) in [6, 6.07) is 5.28. The molecule has 66 valence electrons. The molecule has 1 heterocycles. The van der Waals surface area contributed by atoms with Gasteiger partial charge in [-0.25, -0.2) is 4.79 Å². The van der Waals surface area contributed by atoms with Gasteiger partial charge >= 0.3 is 5.97 Å². The Morgan fingerprint density at radius 2 is 2.23 bits per heavy atom. The van der Waals surface area contributed by atoms with Crippen molar-refractivity contribution in [1.29, 1.82) is 0 Å². The highest BCUT2D eigenvalue weighted by atomic mass is 16.7. The largest absolute Gasteiger partial charge is 0.456 e. The van der Waals surface area contributed by atoms with Crippen LogP contribution in [-0.4, -0.2) is 12.8 Å². The molecule has 1 aromatic carbocycles. The van der Waals surface area contributed by atoms with Gasteiger partial charge in [-0.05, 0) is 17.7 Å². The molecule has 2 rings (SSSR count). The summed E-state index contributed by atoms with van der Waals surface area (Å²) in [6.45, 7) is 3.61. The maximum atomic E-state index is 11.2. The minimum atomic E-state index is -0.343. The maximum absolute atomic E-state index is 11.2. The van der Waals surface area contributed by atoms with Crippen LogP contribution in [0.4, 0.5) is 0 Å². The minimum absolute atomic E-state index is 0.000725. The summed E-state index contributed by atoms with van der Waals surface area (Å²) in [4.78, 5) is 11.2. The van der Waals surface area contributed by atoms with Crippen molar-refractivity contribution in [3.63, 3.8) is 0 Å². The van der Waals surface area contributed by atoms with E-state index in [0.29, 0.717) is 11.3 Å². The van der Waals surface area contributed by atoms with Crippen LogP contribution in [0.3, 0.4) is 0 Å². The quantitative estimate of drug-likeness (QED) is 0.612. The van der Waals surface area contributed by atoms with Gasteiger partial charge in [0.05, 0.1) is 0 Å². The molecular formula is C10H8O3. The van der Waals surface area contributed by atoms with Crippen LogP contribution >= 0.6 is 0 Å². The first-order chi connectivity index (χ1) is 6.31. The van der Waals surface area contributed by atoms with Crippen molar-refractivity contribution in [1.82, 2.24) is 0 Å². The number of rotatable bonds is 1. The van der Waals surface area contributed by atoms with Gasteiger partial charge in [-0.15, -0.1) is 0 Å². The monoisotopic (exact) mass is 176 g/mol. The zero-order valence-electron chi connectivity index (χ0n) is 6.95. The number of fused-ring (bicyclic) bond motifs is 1. The van der Waals surface area contributed by atoms with Crippen molar-refractivity contribution in [2.24, 2.45) is 0 Å². The molecule has 0 amide bonds. The molecule has 0 bridgehead atoms. The molecule has 0 aromatic heterocycles. The van der Waals surface area contributed by atoms with E-state index >= 15 is 0 Å². The predicted molar refractivity (Wildman–Crippen MR) is 47.4 cm³/mol. The van der Waals surface area contributed by atoms with Crippen LogP contribution < -0.4 is 4.74 Å². The van der Waals surface area contributed by atoms with E-state index in [0.717, 1.165) is 5.56 Å². The van der Waals surface area contributed by atoms with Crippen LogP contribution in [0.25, 0.3) is 6.08 Å². The summed E-state index contributed by atoms with van der Waals surface area (Å²) < 4.78 is 9.82. The molecule has 3 nitrogen and oxygen atoms in total. The molecule has 0 fully saturated rings. The lowest BCUT2D eigenvalue weighted by molar-refractivity contribution is 0.00491. The number of hydrogen-bond acceptors (Lipinski definition) is 3. The van der Waals surface area contributed by atoms with Gasteiger partial charge in [-0.3, -0.25) is 0 Å². The molecule has 0 saturated carbocycles. The summed E-state index contributed by atoms with van der Waals surface area (Å²) >= 11 is 0. The Morgan fingerprint density at radius 1 is 1.38 bits per heavy atom. The number of esters is 1. The molecule has 3 heteroatoms. The van der Waals surface area contributed by atoms with Crippen molar-refractivity contribution in [3.05, 3.63) is 35.9 Å². The first kappa shape index (κ1) is 7.86. The zero-order valence-corrected chi connectivity index (χ0v) is 6.95. The Bertz CT molecular complexity index is 368. The highest BCUT2D eigenvalue weighted by molar-refractivity contribution is 5.93. The Labute approximate surface area is 75.6 Å². The Kier molecular flexibility index (Phi) is 1.77. The lowest BCUT2D eigenvalue weighted by Crippen LogP contribution is -2.18. The number of carbonyl (C=O) groups excluding carboxylic acids is 1. The fraction of sp³-hybridized carbons (Fsp3) is 0.100. The van der Waals surface area contributed by atoms with E-state index in [4.69, 9.17) is 9.47 Å². The average molecular weight is 176 g/mol. The van der Waals surface area contributed by atoms with Crippen LogP contribution in [0.1, 0.15) is 15.9 Å². The van der Waals surface area contributed by atoms with Gasteiger partial charge in [0, 0.05) is 0 Å². The first-order valence-corrected chi connectivity index (χ1v) is 3.87. The van der Waals surface area contributed by atoms with Crippen molar-refractivity contribution >= 4 is 12.0 Å². The van der Waals surface area contributed by atoms with E-state index in [1.165, 1.54) is 0 Å². The number of hydrogen-bond donors (Lipinski definition) is 0. The van der Waals surface area contributed by atoms with E-state index < -0.39 is 0 Å². The Hall–Kier alpha value is -1.77. The predicted octanol–water partition coefficient (Wildman–Crippen LogP) is 1.84. The minimum Gasteiger partial charge on any atom is -0.456 e. The molecular weight excluding hydrogens is 168 g/mol. The first-order valence-electron chi connectivity index (χ1n) is 3.87. The Morgan fingerprint density at radius 3 is 3.00 bits per heavy atom. The highest BCUT2D eigenvalue weighted by Crippen LogP contribution is 2.24. The van der Waals surface area contributed by atoms with Crippen LogP contribution in [0.2, 0.25) is 0 Å². The van der Waals surface area contributed by atoms with Crippen molar-refractivity contribution in [2.45, 2.75) is 0 Å². The van der Waals surface area contributed by atoms with Gasteiger partial charge in [0.2, 0.25) is 6.79 Å². The van der Waals surface area contributed by atoms with E-state index in [9.17, 15) is 4.79 Å². The standard InChI is InChI=1S/C10H8O3/c1-2-7-3-4-9-8(5-7)10(11)13-6-12-9/h2-5H,1,6H2. The number of benzene rings is 1. The van der Waals surface area contributed by atoms with E-state index in [-0.39, 0.29) is 12.8 Å². The second-order valence-electron chi connectivity index (χ2n) is 2.65. The van der Waals surface area contributed by atoms with Crippen molar-refractivity contribution in [2.75, 3.05) is 6.79 Å². The van der Waals surface area contributed by atoms with E-state index in [2.05, 4.69) is 6.58 Å². The summed E-state index contributed by atoms with van der Waals surface area (Å²) in [7, 11) is 0. The fourth-order valence-corrected chi connectivity index (χ4v) is 1.18. The molecule has 0 radical (unpaired) electrons. The van der Waals surface area contributed by atoms with E-state index in [1.54, 1.807) is 18.2 Å². The summed E-state index contributed by atoms with van der Waals surface area (Å²) in [5.41, 5.74) is 1.34. The molecule has 1 aliphatic rings. The highest BCUT2D eigenvalue weighted by Gasteiger charge is 2.19. The van der Waals surface area contributed by atoms with Gasteiger partial charge in [0.1, 0.15) is 11.3 Å². The van der Waals surface area contributed by atoms with Crippen LogP contribution in [0, 0.1) is 0 Å². The Balaban J connectivity index is 2.53. The van der Waals surface area contributed by atoms with Gasteiger partial charge in [-0.2, -0.15) is 0 Å². The fourth-order valence-electron chi connectivity index (χ4n) is 1.18. The van der Waals surface area contributed by atoms with E-state index in [1.807, 2.05) is 6.07 Å². The SMILES string of the molecule is C=Cc1ccc2c(c1)C(=O)OCO2. The lowest BCUT2D eigenvalue weighted by atomic mass is 10.1. The molecule has 0 N–H and O–H groups in total. The van der Waals surface area contributed by atoms with Gasteiger partial charge in [0.15, 0.2) is 0 Å². The second-order valence-corrected chi connectivity index (χ2v) is 2.65. The molecule has 0 spiro atoms. The molecule has 0 unspecified atom stereocenters. The third-order valence-corrected chi connectivity index (χ3v) is 1.86. The molecule has 0 aliphatic carbocycles. The topological polar surface area (TPSA) is 35.5 Å². The number of carbonyl (C=O) groups is 1. The van der Waals surface area contributed by atoms with Crippen LogP contribution in [-0.2, 0) is 4.74 Å². The summed E-state index contributed by atoms with van der Waals surface area (Å²) in [6.07, 6.45) is 1.67. The lowest BCUT2D eigenvalue weighted by Gasteiger charge is -2.16. The van der Waals surface area contributed by atoms with Crippen LogP contribution in [0.5, 0.6) is 5.75 Å². The number of ether oxygens (including phenoxy) is 2. The third-order valence-electron chi connectivity index (χ3n) is 1.86. The zero-order chi connectivity index (χ0) is 9.26. The smallest absolute Gasteiger partial charge is 0.344 e. The maximum Gasteiger partial charge on any atom is 0.344 e. The second kappa shape index (κ2) is 2.94. The molecule has 13 heavy (non-hydrogen) atoms. The van der Waals surface area contributed by atoms with Crippen molar-refractivity contribution in [3.8, 4) is 5.75 Å². The van der Waals surface area contributed by atoms with Gasteiger partial charge in [0.25, 0.3) is 0 Å². The van der Waals surface area contributed by atoms with Crippen molar-refractivity contribution < 1.29 is 14.3 Å². The normalized spacial score (nSPS) is 14.0. The molecule has 1 aliphatic heterocycles. The molecule has 0 atom stereocenters. The third kappa shape index (κ3) is 1.28. The molecule has 0 saturated heterocycles. The van der Waals surface area contributed by atoms with Gasteiger partial charge in [-0.1, -0.05) is 18.7 Å². The summed E-state index contributed by atoms with van der Waals surface area (Å²) in [5.74, 6) is 0.229. The average Bonchev–Trinajstić information content (AvgIpc) is 2.18. The van der Waals surface area contributed by atoms with Crippen LogP contribution in [0.15, 0.2) is 24.8 Å². The number of cyclic esters (lactones) is 1. The molecule has 1 aromatic rings. The van der Waals surface area contributed by atoms with Gasteiger partial charge < -0.3 is 9.47 Å². The summed E-state index contributed by atoms with van der Waals surface area (Å²) in [5, 5.41) is 0.